The highest BCUT2D eigenvalue weighted by atomic mass is 32.1. The van der Waals surface area contributed by atoms with Gasteiger partial charge in [-0.25, -0.2) is 4.79 Å². The maximum atomic E-state index is 13.1. The molecule has 0 aliphatic heterocycles. The number of carboxylic acids is 2. The number of aromatic hydroxyl groups is 1. The molecule has 8 N–H and O–H groups in total. The zero-order valence-electron chi connectivity index (χ0n) is 20.1. The molecule has 0 heterocycles. The van der Waals surface area contributed by atoms with E-state index in [0.717, 1.165) is 0 Å². The number of carboxylic acid groups (broad SMARTS) is 2. The van der Waals surface area contributed by atoms with Crippen molar-refractivity contribution in [2.24, 2.45) is 11.7 Å². The number of nitrogens with one attached hydrogen (secondary N) is 3. The number of phenols is 1. The minimum atomic E-state index is -1.32. The van der Waals surface area contributed by atoms with Gasteiger partial charge in [0.2, 0.25) is 17.7 Å². The van der Waals surface area contributed by atoms with Gasteiger partial charge in [0.15, 0.2) is 0 Å². The van der Waals surface area contributed by atoms with Crippen LogP contribution in [0.4, 0.5) is 0 Å². The van der Waals surface area contributed by atoms with Crippen molar-refractivity contribution in [3.05, 3.63) is 29.8 Å². The summed E-state index contributed by atoms with van der Waals surface area (Å²) in [6.45, 7) is 3.43. The summed E-state index contributed by atoms with van der Waals surface area (Å²) in [5.41, 5.74) is 6.18. The lowest BCUT2D eigenvalue weighted by Crippen LogP contribution is -2.58. The fraction of sp³-hybridized carbons (Fsp3) is 0.522. The fourth-order valence-electron chi connectivity index (χ4n) is 3.18. The zero-order chi connectivity index (χ0) is 27.4. The van der Waals surface area contributed by atoms with E-state index in [1.807, 2.05) is 0 Å². The lowest BCUT2D eigenvalue weighted by molar-refractivity contribution is -0.143. The van der Waals surface area contributed by atoms with Crippen LogP contribution in [0.2, 0.25) is 0 Å². The van der Waals surface area contributed by atoms with E-state index in [9.17, 15) is 34.2 Å². The van der Waals surface area contributed by atoms with Crippen molar-refractivity contribution < 1.29 is 39.3 Å². The van der Waals surface area contributed by atoms with E-state index >= 15 is 0 Å². The Bertz CT molecular complexity index is 927. The number of thiol groups is 1. The van der Waals surface area contributed by atoms with E-state index in [1.165, 1.54) is 24.3 Å². The van der Waals surface area contributed by atoms with Crippen molar-refractivity contribution in [2.75, 3.05) is 5.75 Å². The summed E-state index contributed by atoms with van der Waals surface area (Å²) in [6, 6.07) is 0.991. The first kappa shape index (κ1) is 30.7. The molecule has 5 unspecified atom stereocenters. The molecule has 3 amide bonds. The van der Waals surface area contributed by atoms with Gasteiger partial charge < -0.3 is 37.0 Å². The maximum Gasteiger partial charge on any atom is 0.326 e. The maximum absolute atomic E-state index is 13.1. The van der Waals surface area contributed by atoms with Gasteiger partial charge >= 0.3 is 11.9 Å². The van der Waals surface area contributed by atoms with Crippen molar-refractivity contribution in [1.29, 1.82) is 0 Å². The van der Waals surface area contributed by atoms with Gasteiger partial charge in [-0.1, -0.05) is 32.4 Å². The van der Waals surface area contributed by atoms with Crippen LogP contribution in [0, 0.1) is 5.92 Å². The van der Waals surface area contributed by atoms with Crippen molar-refractivity contribution in [3.8, 4) is 5.75 Å². The van der Waals surface area contributed by atoms with Gasteiger partial charge in [0, 0.05) is 18.6 Å². The molecule has 1 aromatic rings. The van der Waals surface area contributed by atoms with Crippen LogP contribution in [0.5, 0.6) is 5.75 Å². The predicted octanol–water partition coefficient (Wildman–Crippen LogP) is -0.358. The molecular weight excluding hydrogens is 492 g/mol. The molecule has 200 valence electrons. The number of hydrogen-bond donors (Lipinski definition) is 8. The smallest absolute Gasteiger partial charge is 0.326 e. The van der Waals surface area contributed by atoms with Crippen LogP contribution >= 0.6 is 12.6 Å². The molecular formula is C23H34N4O8S. The second-order valence-electron chi connectivity index (χ2n) is 8.42. The molecule has 0 aromatic heterocycles. The first-order valence-electron chi connectivity index (χ1n) is 11.4. The molecule has 12 nitrogen and oxygen atoms in total. The summed E-state index contributed by atoms with van der Waals surface area (Å²) in [7, 11) is 0. The Balaban J connectivity index is 3.19. The number of carbonyl (C=O) groups excluding carboxylic acids is 3. The third-order valence-electron chi connectivity index (χ3n) is 5.60. The molecule has 0 saturated carbocycles. The zero-order valence-corrected chi connectivity index (χ0v) is 21.0. The summed E-state index contributed by atoms with van der Waals surface area (Å²) in [5.74, 6) is -5.21. The van der Waals surface area contributed by atoms with Gasteiger partial charge in [0.25, 0.3) is 0 Å². The Labute approximate surface area is 214 Å². The van der Waals surface area contributed by atoms with Crippen LogP contribution in [-0.2, 0) is 30.4 Å². The molecule has 1 aromatic carbocycles. The van der Waals surface area contributed by atoms with Crippen molar-refractivity contribution in [1.82, 2.24) is 16.0 Å². The molecule has 0 saturated heterocycles. The number of nitrogens with two attached hydrogens (primary N) is 1. The normalized spacial score (nSPS) is 15.0. The van der Waals surface area contributed by atoms with E-state index < -0.39 is 66.2 Å². The summed E-state index contributed by atoms with van der Waals surface area (Å²) < 4.78 is 0. The van der Waals surface area contributed by atoms with Crippen LogP contribution in [-0.4, -0.2) is 74.9 Å². The van der Waals surface area contributed by atoms with Gasteiger partial charge in [-0.2, -0.15) is 12.6 Å². The lowest BCUT2D eigenvalue weighted by Gasteiger charge is -2.26. The quantitative estimate of drug-likeness (QED) is 0.140. The predicted molar refractivity (Wildman–Crippen MR) is 133 cm³/mol. The second-order valence-corrected chi connectivity index (χ2v) is 8.79. The SMILES string of the molecule is CCC(C)C(NC(=O)C(Cc1ccc(O)cc1)NC(=O)C(CCC(=O)O)NC(=O)C(N)CS)C(=O)O. The van der Waals surface area contributed by atoms with Crippen molar-refractivity contribution >= 4 is 42.3 Å². The van der Waals surface area contributed by atoms with Gasteiger partial charge in [-0.3, -0.25) is 19.2 Å². The average Bonchev–Trinajstić information content (AvgIpc) is 2.84. The number of carbonyl (C=O) groups is 5. The van der Waals surface area contributed by atoms with Gasteiger partial charge in [-0.05, 0) is 30.0 Å². The highest BCUT2D eigenvalue weighted by molar-refractivity contribution is 7.80. The summed E-state index contributed by atoms with van der Waals surface area (Å²) in [5, 5.41) is 35.4. The number of rotatable bonds is 15. The van der Waals surface area contributed by atoms with E-state index in [-0.39, 0.29) is 24.3 Å². The summed E-state index contributed by atoms with van der Waals surface area (Å²) in [6.07, 6.45) is -0.315. The fourth-order valence-corrected chi connectivity index (χ4v) is 3.35. The molecule has 1 rings (SSSR count). The second kappa shape index (κ2) is 14.9. The molecule has 0 spiro atoms. The molecule has 0 aliphatic rings. The van der Waals surface area contributed by atoms with Crippen LogP contribution in [0.1, 0.15) is 38.7 Å². The summed E-state index contributed by atoms with van der Waals surface area (Å²) in [4.78, 5) is 61.1. The van der Waals surface area contributed by atoms with E-state index in [1.54, 1.807) is 13.8 Å². The van der Waals surface area contributed by atoms with Gasteiger partial charge in [0.05, 0.1) is 6.04 Å². The van der Waals surface area contributed by atoms with E-state index in [2.05, 4.69) is 28.6 Å². The van der Waals surface area contributed by atoms with Crippen LogP contribution in [0.15, 0.2) is 24.3 Å². The largest absolute Gasteiger partial charge is 0.508 e. The number of phenolic OH excluding ortho intramolecular Hbond substituents is 1. The first-order chi connectivity index (χ1) is 16.9. The van der Waals surface area contributed by atoms with Crippen LogP contribution in [0.3, 0.4) is 0 Å². The highest BCUT2D eigenvalue weighted by Gasteiger charge is 2.32. The monoisotopic (exact) mass is 526 g/mol. The van der Waals surface area contributed by atoms with E-state index in [0.29, 0.717) is 12.0 Å². The average molecular weight is 527 g/mol. The topological polar surface area (TPSA) is 208 Å². The standard InChI is InChI=1S/C23H34N4O8S/c1-3-12(2)19(23(34)35)27-22(33)17(10-13-4-6-14(28)7-5-13)26-21(32)16(8-9-18(29)30)25-20(31)15(24)11-36/h4-7,12,15-17,19,28,36H,3,8-11,24H2,1-2H3,(H,25,31)(H,26,32)(H,27,33)(H,29,30)(H,34,35). The Morgan fingerprint density at radius 3 is 2.00 bits per heavy atom. The van der Waals surface area contributed by atoms with E-state index in [4.69, 9.17) is 10.8 Å². The Hall–Kier alpha value is -3.32. The minimum absolute atomic E-state index is 0.0107. The Morgan fingerprint density at radius 2 is 1.50 bits per heavy atom. The number of amides is 3. The third-order valence-corrected chi connectivity index (χ3v) is 5.99. The molecule has 0 radical (unpaired) electrons. The molecule has 13 heteroatoms. The Morgan fingerprint density at radius 1 is 0.944 bits per heavy atom. The minimum Gasteiger partial charge on any atom is -0.508 e. The van der Waals surface area contributed by atoms with Crippen molar-refractivity contribution in [2.45, 2.75) is 63.7 Å². The Kier molecular flexibility index (Phi) is 12.7. The van der Waals surface area contributed by atoms with Crippen LogP contribution in [0.25, 0.3) is 0 Å². The lowest BCUT2D eigenvalue weighted by atomic mass is 9.98. The highest BCUT2D eigenvalue weighted by Crippen LogP contribution is 2.13. The number of aliphatic carboxylic acids is 2. The third kappa shape index (κ3) is 10.1. The molecule has 0 aliphatic carbocycles. The number of benzene rings is 1. The number of hydrogen-bond acceptors (Lipinski definition) is 8. The molecule has 5 atom stereocenters. The van der Waals surface area contributed by atoms with Crippen molar-refractivity contribution in [3.63, 3.8) is 0 Å². The molecule has 36 heavy (non-hydrogen) atoms. The first-order valence-corrected chi connectivity index (χ1v) is 12.0. The molecule has 0 fully saturated rings. The van der Waals surface area contributed by atoms with Gasteiger partial charge in [0.1, 0.15) is 23.9 Å². The molecule has 0 bridgehead atoms. The van der Waals surface area contributed by atoms with Gasteiger partial charge in [-0.15, -0.1) is 0 Å². The van der Waals surface area contributed by atoms with Crippen LogP contribution < -0.4 is 21.7 Å². The summed E-state index contributed by atoms with van der Waals surface area (Å²) >= 11 is 3.93.